The van der Waals surface area contributed by atoms with Crippen LogP contribution in [0.3, 0.4) is 0 Å². The van der Waals surface area contributed by atoms with Crippen molar-refractivity contribution < 1.29 is 19.4 Å². The molecule has 0 bridgehead atoms. The highest BCUT2D eigenvalue weighted by Gasteiger charge is 2.53. The minimum Gasteiger partial charge on any atom is -0.494 e. The van der Waals surface area contributed by atoms with Crippen LogP contribution in [0.15, 0.2) is 94.4 Å². The Labute approximate surface area is 251 Å². The van der Waals surface area contributed by atoms with Crippen molar-refractivity contribution in [2.45, 2.75) is 51.7 Å². The number of halogens is 1. The average Bonchev–Trinajstić information content (AvgIpc) is 3.34. The molecule has 2 N–H and O–H groups in total. The molecule has 1 heterocycles. The van der Waals surface area contributed by atoms with Crippen LogP contribution < -0.4 is 10.1 Å². The summed E-state index contributed by atoms with van der Waals surface area (Å²) in [5.74, 6) is 0.936. The lowest BCUT2D eigenvalue weighted by Crippen LogP contribution is -2.48. The molecule has 216 valence electrons. The van der Waals surface area contributed by atoms with Gasteiger partial charge in [-0.25, -0.2) is 4.99 Å². The first-order chi connectivity index (χ1) is 19.7. The van der Waals surface area contributed by atoms with Gasteiger partial charge in [-0.3, -0.25) is 4.79 Å². The number of rotatable bonds is 12. The van der Waals surface area contributed by atoms with Gasteiger partial charge in [0, 0.05) is 41.6 Å². The molecule has 0 spiro atoms. The van der Waals surface area contributed by atoms with Crippen LogP contribution in [-0.4, -0.2) is 42.2 Å². The third-order valence-electron chi connectivity index (χ3n) is 6.92. The minimum atomic E-state index is -1.22. The Hall–Kier alpha value is -3.42. The monoisotopic (exact) mass is 618 g/mol. The second kappa shape index (κ2) is 14.0. The Morgan fingerprint density at radius 2 is 1.78 bits per heavy atom. The van der Waals surface area contributed by atoms with Crippen molar-refractivity contribution in [1.82, 2.24) is 5.32 Å². The fraction of sp³-hybridized carbons (Fsp3) is 0.353. The first-order valence-corrected chi connectivity index (χ1v) is 14.9. The lowest BCUT2D eigenvalue weighted by atomic mass is 9.84. The third-order valence-corrected chi connectivity index (χ3v) is 7.64. The van der Waals surface area contributed by atoms with Crippen LogP contribution >= 0.6 is 15.9 Å². The largest absolute Gasteiger partial charge is 0.494 e. The average molecular weight is 620 g/mol. The number of hydrogen-bond acceptors (Lipinski definition) is 5. The van der Waals surface area contributed by atoms with Crippen molar-refractivity contribution in [3.05, 3.63) is 106 Å². The van der Waals surface area contributed by atoms with Crippen LogP contribution in [0.4, 0.5) is 0 Å². The van der Waals surface area contributed by atoms with Crippen LogP contribution in [0.25, 0.3) is 6.08 Å². The standard InChI is InChI=1S/C34H39BrN2O4/c1-33(2,3)21-22-36-32(39)34(20-9-13-25-11-5-4-6-12-25)30(28-14-7-8-15-29(28)35)41-31(37-34)26-16-18-27(19-17-26)40-24-10-23-38/h4-9,11-19,30,38H,10,20-24H2,1-3H3,(H,36,39)/b13-9+/t30-,34-/m1/s1. The number of aliphatic hydroxyl groups excluding tert-OH is 1. The van der Waals surface area contributed by atoms with Gasteiger partial charge in [0.05, 0.1) is 6.61 Å². The molecule has 3 aromatic carbocycles. The quantitative estimate of drug-likeness (QED) is 0.212. The molecular formula is C34H39BrN2O4. The Morgan fingerprint density at radius 1 is 1.07 bits per heavy atom. The summed E-state index contributed by atoms with van der Waals surface area (Å²) in [6.45, 7) is 7.54. The summed E-state index contributed by atoms with van der Waals surface area (Å²) in [5.41, 5.74) is 1.52. The molecule has 0 fully saturated rings. The summed E-state index contributed by atoms with van der Waals surface area (Å²) in [7, 11) is 0. The summed E-state index contributed by atoms with van der Waals surface area (Å²) in [6.07, 6.45) is 5.13. The van der Waals surface area contributed by atoms with Crippen LogP contribution in [-0.2, 0) is 9.53 Å². The van der Waals surface area contributed by atoms with E-state index in [0.717, 1.165) is 27.6 Å². The smallest absolute Gasteiger partial charge is 0.252 e. The predicted molar refractivity (Wildman–Crippen MR) is 168 cm³/mol. The molecular weight excluding hydrogens is 580 g/mol. The Morgan fingerprint density at radius 3 is 2.46 bits per heavy atom. The Kier molecular flexibility index (Phi) is 10.4. The van der Waals surface area contributed by atoms with E-state index >= 15 is 0 Å². The highest BCUT2D eigenvalue weighted by atomic mass is 79.9. The number of amides is 1. The fourth-order valence-electron chi connectivity index (χ4n) is 4.62. The van der Waals surface area contributed by atoms with E-state index in [-0.39, 0.29) is 17.9 Å². The normalized spacial score (nSPS) is 18.7. The van der Waals surface area contributed by atoms with Crippen molar-refractivity contribution in [3.63, 3.8) is 0 Å². The molecule has 6 nitrogen and oxygen atoms in total. The van der Waals surface area contributed by atoms with E-state index in [1.165, 1.54) is 0 Å². The third kappa shape index (κ3) is 8.08. The van der Waals surface area contributed by atoms with Crippen molar-refractivity contribution in [2.24, 2.45) is 10.4 Å². The zero-order chi connectivity index (χ0) is 29.3. The highest BCUT2D eigenvalue weighted by Crippen LogP contribution is 2.45. The molecule has 41 heavy (non-hydrogen) atoms. The van der Waals surface area contributed by atoms with E-state index in [0.29, 0.717) is 37.6 Å². The maximum atomic E-state index is 14.2. The Balaban J connectivity index is 1.73. The van der Waals surface area contributed by atoms with Gasteiger partial charge in [-0.05, 0) is 47.7 Å². The molecule has 1 aliphatic rings. The number of nitrogens with one attached hydrogen (secondary N) is 1. The molecule has 0 saturated heterocycles. The summed E-state index contributed by atoms with van der Waals surface area (Å²) < 4.78 is 13.1. The summed E-state index contributed by atoms with van der Waals surface area (Å²) in [5, 5.41) is 12.2. The molecule has 0 radical (unpaired) electrons. The van der Waals surface area contributed by atoms with Gasteiger partial charge in [0.1, 0.15) is 5.75 Å². The number of aliphatic hydroxyl groups is 1. The lowest BCUT2D eigenvalue weighted by molar-refractivity contribution is -0.128. The molecule has 1 amide bonds. The number of carbonyl (C=O) groups excluding carboxylic acids is 1. The fourth-order valence-corrected chi connectivity index (χ4v) is 5.12. The first kappa shape index (κ1) is 30.5. The van der Waals surface area contributed by atoms with Crippen molar-refractivity contribution in [1.29, 1.82) is 0 Å². The number of benzene rings is 3. The van der Waals surface area contributed by atoms with E-state index in [1.54, 1.807) is 0 Å². The van der Waals surface area contributed by atoms with E-state index in [9.17, 15) is 4.79 Å². The van der Waals surface area contributed by atoms with E-state index in [4.69, 9.17) is 19.6 Å². The van der Waals surface area contributed by atoms with Crippen LogP contribution in [0.1, 0.15) is 62.8 Å². The van der Waals surface area contributed by atoms with Gasteiger partial charge in [0.2, 0.25) is 5.90 Å². The maximum absolute atomic E-state index is 14.2. The molecule has 3 aromatic rings. The molecule has 0 saturated carbocycles. The van der Waals surface area contributed by atoms with Crippen LogP contribution in [0.2, 0.25) is 0 Å². The van der Waals surface area contributed by atoms with Gasteiger partial charge in [0.15, 0.2) is 11.6 Å². The molecule has 4 rings (SSSR count). The first-order valence-electron chi connectivity index (χ1n) is 14.1. The highest BCUT2D eigenvalue weighted by molar-refractivity contribution is 9.10. The van der Waals surface area contributed by atoms with Crippen molar-refractivity contribution in [3.8, 4) is 5.75 Å². The van der Waals surface area contributed by atoms with Gasteiger partial charge in [-0.2, -0.15) is 0 Å². The number of aliphatic imine (C=N–C) groups is 1. The number of nitrogens with zero attached hydrogens (tertiary/aromatic N) is 1. The van der Waals surface area contributed by atoms with E-state index in [2.05, 4.69) is 42.0 Å². The molecule has 0 unspecified atom stereocenters. The zero-order valence-electron chi connectivity index (χ0n) is 24.0. The number of hydrogen-bond donors (Lipinski definition) is 2. The van der Waals surface area contributed by atoms with Crippen molar-refractivity contribution >= 4 is 33.8 Å². The summed E-state index contributed by atoms with van der Waals surface area (Å²) >= 11 is 3.69. The van der Waals surface area contributed by atoms with Gasteiger partial charge >= 0.3 is 0 Å². The second-order valence-electron chi connectivity index (χ2n) is 11.4. The predicted octanol–water partition coefficient (Wildman–Crippen LogP) is 7.12. The van der Waals surface area contributed by atoms with Crippen LogP contribution in [0, 0.1) is 5.41 Å². The van der Waals surface area contributed by atoms with Gasteiger partial charge in [-0.15, -0.1) is 0 Å². The van der Waals surface area contributed by atoms with Gasteiger partial charge in [-0.1, -0.05) is 97.4 Å². The van der Waals surface area contributed by atoms with E-state index < -0.39 is 11.6 Å². The summed E-state index contributed by atoms with van der Waals surface area (Å²) in [6, 6.07) is 25.3. The Bertz CT molecular complexity index is 1350. The van der Waals surface area contributed by atoms with Gasteiger partial charge < -0.3 is 19.9 Å². The van der Waals surface area contributed by atoms with Gasteiger partial charge in [0.25, 0.3) is 5.91 Å². The molecule has 7 heteroatoms. The number of carbonyl (C=O) groups is 1. The molecule has 2 atom stereocenters. The summed E-state index contributed by atoms with van der Waals surface area (Å²) in [4.78, 5) is 19.3. The van der Waals surface area contributed by atoms with Crippen LogP contribution in [0.5, 0.6) is 5.75 Å². The molecule has 0 aromatic heterocycles. The lowest BCUT2D eigenvalue weighted by Gasteiger charge is -2.31. The molecule has 1 aliphatic heterocycles. The second-order valence-corrected chi connectivity index (χ2v) is 12.2. The topological polar surface area (TPSA) is 80.2 Å². The number of ether oxygens (including phenoxy) is 2. The SMILES string of the molecule is CC(C)(C)CCNC(=O)[C@]1(C/C=C/c2ccccc2)N=C(c2ccc(OCCCO)cc2)O[C@@H]1c1ccccc1Br. The van der Waals surface area contributed by atoms with E-state index in [1.807, 2.05) is 91.0 Å². The maximum Gasteiger partial charge on any atom is 0.252 e. The zero-order valence-corrected chi connectivity index (χ0v) is 25.6. The minimum absolute atomic E-state index is 0.0805. The molecule has 0 aliphatic carbocycles. The van der Waals surface area contributed by atoms with Crippen molar-refractivity contribution in [2.75, 3.05) is 19.8 Å².